The Bertz CT molecular complexity index is 2180. The van der Waals surface area contributed by atoms with Crippen molar-refractivity contribution in [2.45, 2.75) is 102 Å². The fraction of sp³-hybridized carbons (Fsp3) is 0.488. The maximum atomic E-state index is 13.6. The summed E-state index contributed by atoms with van der Waals surface area (Å²) in [4.78, 5) is 92.2. The van der Waals surface area contributed by atoms with Crippen LogP contribution in [0.25, 0.3) is 11.0 Å². The number of primary amides is 1. The third kappa shape index (κ3) is 9.12. The summed E-state index contributed by atoms with van der Waals surface area (Å²) in [5.74, 6) is -1.47. The number of hydrogen-bond acceptors (Lipinski definition) is 9. The fourth-order valence-electron chi connectivity index (χ4n) is 8.21. The Morgan fingerprint density at radius 3 is 2.57 bits per heavy atom. The molecule has 16 nitrogen and oxygen atoms in total. The van der Waals surface area contributed by atoms with E-state index < -0.39 is 42.0 Å². The van der Waals surface area contributed by atoms with Crippen molar-refractivity contribution in [1.29, 1.82) is 0 Å². The van der Waals surface area contributed by atoms with Gasteiger partial charge in [0.1, 0.15) is 30.6 Å². The number of carbonyl (C=O) groups excluding carboxylic acids is 6. The van der Waals surface area contributed by atoms with Crippen LogP contribution in [-0.4, -0.2) is 97.7 Å². The lowest BCUT2D eigenvalue weighted by Crippen LogP contribution is -2.59. The molecule has 6 amide bonds. The highest BCUT2D eigenvalue weighted by atomic mass is 35.5. The topological polar surface area (TPSA) is 212 Å². The first-order valence-electron chi connectivity index (χ1n) is 19.8. The number of amides is 6. The van der Waals surface area contributed by atoms with Crippen molar-refractivity contribution < 1.29 is 33.5 Å². The predicted octanol–water partition coefficient (Wildman–Crippen LogP) is 2.42. The molecule has 0 aliphatic carbocycles. The van der Waals surface area contributed by atoms with E-state index in [0.29, 0.717) is 54.2 Å². The van der Waals surface area contributed by atoms with Crippen molar-refractivity contribution in [3.8, 4) is 5.75 Å². The van der Waals surface area contributed by atoms with Gasteiger partial charge in [-0.1, -0.05) is 42.3 Å². The Morgan fingerprint density at radius 1 is 1.07 bits per heavy atom. The number of rotatable bonds is 16. The first kappa shape index (κ1) is 42.1. The molecule has 3 aliphatic rings. The second-order valence-electron chi connectivity index (χ2n) is 15.3. The molecule has 17 heteroatoms. The normalized spacial score (nSPS) is 20.2. The number of fused-ring (bicyclic) bond motifs is 2. The summed E-state index contributed by atoms with van der Waals surface area (Å²) in [6, 6.07) is 9.01. The van der Waals surface area contributed by atoms with Crippen LogP contribution in [0, 0.1) is 0 Å². The zero-order valence-corrected chi connectivity index (χ0v) is 33.6. The van der Waals surface area contributed by atoms with Crippen molar-refractivity contribution in [2.24, 2.45) is 18.5 Å². The Morgan fingerprint density at radius 2 is 1.84 bits per heavy atom. The average Bonchev–Trinajstić information content (AvgIpc) is 3.71. The molecule has 2 fully saturated rings. The van der Waals surface area contributed by atoms with Gasteiger partial charge in [-0.25, -0.2) is 4.79 Å². The van der Waals surface area contributed by atoms with Gasteiger partial charge < -0.3 is 26.0 Å². The summed E-state index contributed by atoms with van der Waals surface area (Å²) in [7, 11) is 1.68. The molecule has 0 saturated carbocycles. The number of carbonyl (C=O) groups is 6. The number of aryl methyl sites for hydroxylation is 3. The zero-order chi connectivity index (χ0) is 41.7. The Balaban J connectivity index is 1.06. The van der Waals surface area contributed by atoms with E-state index in [1.165, 1.54) is 21.0 Å². The quantitative estimate of drug-likeness (QED) is 0.110. The fourth-order valence-corrected chi connectivity index (χ4v) is 8.49. The summed E-state index contributed by atoms with van der Waals surface area (Å²) in [5, 5.41) is 2.79. The summed E-state index contributed by atoms with van der Waals surface area (Å²) in [5.41, 5.74) is 15.5. The van der Waals surface area contributed by atoms with Gasteiger partial charge in [0.2, 0.25) is 35.9 Å². The molecular weight excluding hydrogens is 768 g/mol. The van der Waals surface area contributed by atoms with Crippen molar-refractivity contribution >= 4 is 58.6 Å². The van der Waals surface area contributed by atoms with Crippen LogP contribution in [0.5, 0.6) is 5.75 Å². The van der Waals surface area contributed by atoms with Crippen molar-refractivity contribution in [3.63, 3.8) is 0 Å². The van der Waals surface area contributed by atoms with E-state index in [4.69, 9.17) is 27.8 Å². The van der Waals surface area contributed by atoms with E-state index in [1.54, 1.807) is 22.9 Å². The van der Waals surface area contributed by atoms with E-state index in [2.05, 4.69) is 5.32 Å². The highest BCUT2D eigenvalue weighted by Crippen LogP contribution is 2.33. The lowest BCUT2D eigenvalue weighted by atomic mass is 10.0. The van der Waals surface area contributed by atoms with Crippen molar-refractivity contribution in [2.75, 3.05) is 19.7 Å². The first-order chi connectivity index (χ1) is 27.8. The highest BCUT2D eigenvalue weighted by molar-refractivity contribution is 6.32. The van der Waals surface area contributed by atoms with Crippen molar-refractivity contribution in [1.82, 2.24) is 29.2 Å². The molecular formula is C41H51ClN8O8. The molecule has 4 atom stereocenters. The summed E-state index contributed by atoms with van der Waals surface area (Å²) < 4.78 is 9.25. The standard InChI is InChI=1S/C41H51ClN8O8/c1-25(52)47-20-19-28-13-18-37(49(28)40(56)30(43)22-47)48(24-51)29(12-16-35(44)53)23-58-34-10-6-9-27(38(34)42)8-5-3-4-7-26-11-14-31-33(21-26)46(2)41(57)50(31)32-15-17-36(54)45-39(32)55/h6,9-11,13-14,21,24,29-30,32,37H,3-5,7-8,12,15-20,22-23,43H2,1-2H3,(H2,44,53)(H,45,54,55)/t29-,30-,32?,37-/m0/s1. The van der Waals surface area contributed by atoms with E-state index in [-0.39, 0.29) is 56.3 Å². The molecule has 3 aliphatic heterocycles. The van der Waals surface area contributed by atoms with Gasteiger partial charge in [-0.15, -0.1) is 0 Å². The number of unbranched alkanes of at least 4 members (excludes halogenated alkanes) is 2. The van der Waals surface area contributed by atoms with Gasteiger partial charge in [0.05, 0.1) is 22.1 Å². The largest absolute Gasteiger partial charge is 0.490 e. The summed E-state index contributed by atoms with van der Waals surface area (Å²) in [6.07, 6.45) is 7.39. The van der Waals surface area contributed by atoms with Gasteiger partial charge in [-0.2, -0.15) is 0 Å². The van der Waals surface area contributed by atoms with Crippen LogP contribution in [0.3, 0.4) is 0 Å². The van der Waals surface area contributed by atoms with Crippen LogP contribution in [0.4, 0.5) is 0 Å². The molecule has 0 spiro atoms. The lowest BCUT2D eigenvalue weighted by Gasteiger charge is -2.41. The van der Waals surface area contributed by atoms with E-state index >= 15 is 0 Å². The van der Waals surface area contributed by atoms with Gasteiger partial charge >= 0.3 is 5.69 Å². The van der Waals surface area contributed by atoms with E-state index in [9.17, 15) is 33.6 Å². The first-order valence-corrected chi connectivity index (χ1v) is 20.1. The van der Waals surface area contributed by atoms with Crippen LogP contribution in [-0.2, 0) is 48.7 Å². The number of ether oxygens (including phenoxy) is 1. The molecule has 0 radical (unpaired) electrons. The number of halogens is 1. The summed E-state index contributed by atoms with van der Waals surface area (Å²) in [6.45, 7) is 1.88. The molecule has 2 aromatic carbocycles. The molecule has 1 unspecified atom stereocenters. The average molecular weight is 819 g/mol. The Labute approximate surface area is 341 Å². The Hall–Kier alpha value is -5.48. The number of piperidine rings is 1. The molecule has 3 aromatic rings. The van der Waals surface area contributed by atoms with Crippen LogP contribution in [0.2, 0.25) is 5.02 Å². The molecule has 6 rings (SSSR count). The van der Waals surface area contributed by atoms with Gasteiger partial charge in [-0.3, -0.25) is 48.1 Å². The number of benzene rings is 2. The van der Waals surface area contributed by atoms with Crippen LogP contribution in [0.15, 0.2) is 53.0 Å². The van der Waals surface area contributed by atoms with Gasteiger partial charge in [0.15, 0.2) is 0 Å². The molecule has 1 aromatic heterocycles. The number of nitrogens with zero attached hydrogens (tertiary/aromatic N) is 5. The zero-order valence-electron chi connectivity index (χ0n) is 32.9. The molecule has 310 valence electrons. The third-order valence-electron chi connectivity index (χ3n) is 11.4. The minimum absolute atomic E-state index is 0.0126. The smallest absolute Gasteiger partial charge is 0.329 e. The SMILES string of the molecule is CC(=O)N1CCC2=CC[C@@H](N(C=O)[C@@H](CCC(N)=O)COc3cccc(CCCCCc4ccc5c(c4)n(C)c(=O)n5C4CCC(=O)NC4=O)c3Cl)N2C(=O)[C@@H](N)C1. The maximum absolute atomic E-state index is 13.6. The lowest BCUT2D eigenvalue weighted by molar-refractivity contribution is -0.143. The maximum Gasteiger partial charge on any atom is 0.329 e. The second kappa shape index (κ2) is 18.4. The van der Waals surface area contributed by atoms with E-state index in [1.807, 2.05) is 36.4 Å². The predicted molar refractivity (Wildman–Crippen MR) is 215 cm³/mol. The number of imide groups is 1. The van der Waals surface area contributed by atoms with Crippen molar-refractivity contribution in [3.05, 3.63) is 74.8 Å². The third-order valence-corrected chi connectivity index (χ3v) is 11.8. The van der Waals surface area contributed by atoms with E-state index in [0.717, 1.165) is 42.3 Å². The van der Waals surface area contributed by atoms with Crippen LogP contribution in [0.1, 0.15) is 81.9 Å². The minimum atomic E-state index is -0.975. The number of nitrogens with two attached hydrogens (primary N) is 2. The number of imidazole rings is 1. The minimum Gasteiger partial charge on any atom is -0.490 e. The number of nitrogens with one attached hydrogen (secondary N) is 1. The van der Waals surface area contributed by atoms with Gasteiger partial charge in [-0.05, 0) is 67.9 Å². The number of hydrogen-bond donors (Lipinski definition) is 3. The molecule has 4 heterocycles. The summed E-state index contributed by atoms with van der Waals surface area (Å²) >= 11 is 6.86. The van der Waals surface area contributed by atoms with Gasteiger partial charge in [0.25, 0.3) is 0 Å². The second-order valence-corrected chi connectivity index (χ2v) is 15.6. The highest BCUT2D eigenvalue weighted by Gasteiger charge is 2.41. The molecule has 5 N–H and O–H groups in total. The molecule has 58 heavy (non-hydrogen) atoms. The number of aromatic nitrogens is 2. The van der Waals surface area contributed by atoms with Crippen LogP contribution >= 0.6 is 11.6 Å². The Kier molecular flexibility index (Phi) is 13.4. The van der Waals surface area contributed by atoms with Crippen LogP contribution < -0.4 is 27.2 Å². The van der Waals surface area contributed by atoms with Gasteiger partial charge in [0, 0.05) is 58.4 Å². The molecule has 0 bridgehead atoms. The monoisotopic (exact) mass is 818 g/mol. The molecule has 2 saturated heterocycles.